The third kappa shape index (κ3) is 4.15. The van der Waals surface area contributed by atoms with Gasteiger partial charge in [-0.25, -0.2) is 0 Å². The summed E-state index contributed by atoms with van der Waals surface area (Å²) in [5.41, 5.74) is 0.798. The number of hydrogen-bond acceptors (Lipinski definition) is 6. The molecule has 104 valence electrons. The zero-order valence-electron chi connectivity index (χ0n) is 10.9. The van der Waals surface area contributed by atoms with Crippen molar-refractivity contribution in [2.75, 3.05) is 38.2 Å². The Balaban J connectivity index is 1.83. The number of nitrogens with zero attached hydrogens (tertiary/aromatic N) is 3. The third-order valence-corrected chi connectivity index (χ3v) is 2.98. The summed E-state index contributed by atoms with van der Waals surface area (Å²) in [4.78, 5) is 16.1. The van der Waals surface area contributed by atoms with Gasteiger partial charge in [-0.2, -0.15) is 0 Å². The molecule has 0 aliphatic carbocycles. The number of nitro groups is 1. The van der Waals surface area contributed by atoms with Crippen LogP contribution in [0.3, 0.4) is 0 Å². The van der Waals surface area contributed by atoms with Gasteiger partial charge in [-0.05, 0) is 22.9 Å². The average Bonchev–Trinajstić information content (AvgIpc) is 2.40. The van der Waals surface area contributed by atoms with Gasteiger partial charge in [0.1, 0.15) is 0 Å². The average molecular weight is 266 g/mol. The van der Waals surface area contributed by atoms with Crippen molar-refractivity contribution >= 4 is 11.5 Å². The minimum atomic E-state index is -0.499. The fourth-order valence-corrected chi connectivity index (χ4v) is 2.08. The molecule has 1 fully saturated rings. The summed E-state index contributed by atoms with van der Waals surface area (Å²) in [6.07, 6.45) is 1.49. The molecule has 2 rings (SSSR count). The molecule has 1 N–H and O–H groups in total. The highest BCUT2D eigenvalue weighted by Crippen LogP contribution is 2.12. The predicted molar refractivity (Wildman–Crippen MR) is 71.2 cm³/mol. The van der Waals surface area contributed by atoms with Crippen LogP contribution in [-0.2, 0) is 4.74 Å². The lowest BCUT2D eigenvalue weighted by atomic mass is 10.2. The van der Waals surface area contributed by atoms with Crippen LogP contribution in [0.1, 0.15) is 6.92 Å². The number of pyridine rings is 1. The SMILES string of the molecule is CC(CN1CCOCC1)Nc1ccc([N+](=O)[O-])nc1. The molecule has 1 unspecified atom stereocenters. The van der Waals surface area contributed by atoms with Crippen LogP contribution >= 0.6 is 0 Å². The molecule has 0 radical (unpaired) electrons. The van der Waals surface area contributed by atoms with Gasteiger partial charge in [0.15, 0.2) is 6.20 Å². The summed E-state index contributed by atoms with van der Waals surface area (Å²) in [5, 5.41) is 13.8. The van der Waals surface area contributed by atoms with E-state index in [2.05, 4.69) is 22.1 Å². The number of anilines is 1. The molecule has 1 atom stereocenters. The Bertz CT molecular complexity index is 417. The van der Waals surface area contributed by atoms with Gasteiger partial charge in [0.2, 0.25) is 0 Å². The summed E-state index contributed by atoms with van der Waals surface area (Å²) < 4.78 is 5.30. The first kappa shape index (κ1) is 13.7. The maximum absolute atomic E-state index is 10.5. The van der Waals surface area contributed by atoms with Crippen molar-refractivity contribution in [3.05, 3.63) is 28.4 Å². The van der Waals surface area contributed by atoms with Crippen molar-refractivity contribution in [3.63, 3.8) is 0 Å². The fourth-order valence-electron chi connectivity index (χ4n) is 2.08. The Morgan fingerprint density at radius 1 is 1.53 bits per heavy atom. The van der Waals surface area contributed by atoms with Crippen LogP contribution in [0.2, 0.25) is 0 Å². The van der Waals surface area contributed by atoms with Crippen molar-refractivity contribution in [1.29, 1.82) is 0 Å². The van der Waals surface area contributed by atoms with Crippen molar-refractivity contribution in [2.24, 2.45) is 0 Å². The molecule has 0 saturated carbocycles. The van der Waals surface area contributed by atoms with Gasteiger partial charge in [-0.15, -0.1) is 0 Å². The van der Waals surface area contributed by atoms with E-state index in [1.54, 1.807) is 6.07 Å². The summed E-state index contributed by atoms with van der Waals surface area (Å²) in [6.45, 7) is 6.46. The lowest BCUT2D eigenvalue weighted by Crippen LogP contribution is -2.42. The summed E-state index contributed by atoms with van der Waals surface area (Å²) in [5.74, 6) is -0.133. The zero-order valence-corrected chi connectivity index (χ0v) is 10.9. The molecule has 0 amide bonds. The molecule has 2 heterocycles. The van der Waals surface area contributed by atoms with Crippen LogP contribution in [0, 0.1) is 10.1 Å². The largest absolute Gasteiger partial charge is 0.379 e. The number of aromatic nitrogens is 1. The summed E-state index contributed by atoms with van der Waals surface area (Å²) in [7, 11) is 0. The first-order valence-electron chi connectivity index (χ1n) is 6.32. The second-order valence-electron chi connectivity index (χ2n) is 4.62. The quantitative estimate of drug-likeness (QED) is 0.635. The van der Waals surface area contributed by atoms with Crippen molar-refractivity contribution < 1.29 is 9.66 Å². The molecule has 7 nitrogen and oxygen atoms in total. The molecule has 1 aliphatic rings. The van der Waals surface area contributed by atoms with E-state index >= 15 is 0 Å². The molecule has 1 aromatic rings. The topological polar surface area (TPSA) is 80.5 Å². The van der Waals surface area contributed by atoms with Crippen LogP contribution in [0.5, 0.6) is 0 Å². The van der Waals surface area contributed by atoms with Crippen LogP contribution in [0.25, 0.3) is 0 Å². The molecular formula is C12H18N4O3. The maximum Gasteiger partial charge on any atom is 0.363 e. The number of hydrogen-bond donors (Lipinski definition) is 1. The van der Waals surface area contributed by atoms with Gasteiger partial charge < -0.3 is 20.2 Å². The molecule has 7 heteroatoms. The monoisotopic (exact) mass is 266 g/mol. The van der Waals surface area contributed by atoms with Gasteiger partial charge in [0.25, 0.3) is 0 Å². The number of rotatable bonds is 5. The molecule has 0 bridgehead atoms. The van der Waals surface area contributed by atoms with Gasteiger partial charge in [0, 0.05) is 31.7 Å². The van der Waals surface area contributed by atoms with Gasteiger partial charge in [0.05, 0.1) is 18.9 Å². The summed E-state index contributed by atoms with van der Waals surface area (Å²) in [6, 6.07) is 3.34. The van der Waals surface area contributed by atoms with E-state index in [0.29, 0.717) is 0 Å². The molecule has 0 aromatic carbocycles. The minimum Gasteiger partial charge on any atom is -0.379 e. The van der Waals surface area contributed by atoms with Gasteiger partial charge in [-0.3, -0.25) is 4.90 Å². The second-order valence-corrected chi connectivity index (χ2v) is 4.62. The van der Waals surface area contributed by atoms with E-state index in [0.717, 1.165) is 38.5 Å². The maximum atomic E-state index is 10.5. The summed E-state index contributed by atoms with van der Waals surface area (Å²) >= 11 is 0. The first-order valence-corrected chi connectivity index (χ1v) is 6.32. The minimum absolute atomic E-state index is 0.133. The van der Waals surface area contributed by atoms with Gasteiger partial charge in [-0.1, -0.05) is 0 Å². The van der Waals surface area contributed by atoms with Crippen molar-refractivity contribution in [2.45, 2.75) is 13.0 Å². The van der Waals surface area contributed by atoms with Crippen LogP contribution in [0.15, 0.2) is 18.3 Å². The van der Waals surface area contributed by atoms with Crippen LogP contribution in [0.4, 0.5) is 11.5 Å². The standard InChI is InChI=1S/C12H18N4O3/c1-10(9-15-4-6-19-7-5-15)14-11-2-3-12(13-8-11)16(17)18/h2-3,8,10,14H,4-7,9H2,1H3. The second kappa shape index (κ2) is 6.44. The van der Waals surface area contributed by atoms with Crippen LogP contribution < -0.4 is 5.32 Å². The Labute approximate surface area is 111 Å². The molecular weight excluding hydrogens is 248 g/mol. The zero-order chi connectivity index (χ0) is 13.7. The number of ether oxygens (including phenoxy) is 1. The molecule has 1 saturated heterocycles. The van der Waals surface area contributed by atoms with E-state index < -0.39 is 4.92 Å². The Morgan fingerprint density at radius 3 is 2.84 bits per heavy atom. The van der Waals surface area contributed by atoms with Gasteiger partial charge >= 0.3 is 5.82 Å². The third-order valence-electron chi connectivity index (χ3n) is 2.98. The van der Waals surface area contributed by atoms with E-state index in [4.69, 9.17) is 4.74 Å². The smallest absolute Gasteiger partial charge is 0.363 e. The number of morpholine rings is 1. The van der Waals surface area contributed by atoms with Crippen LogP contribution in [-0.4, -0.2) is 53.7 Å². The molecule has 0 spiro atoms. The lowest BCUT2D eigenvalue weighted by molar-refractivity contribution is -0.389. The highest BCUT2D eigenvalue weighted by molar-refractivity contribution is 5.44. The van der Waals surface area contributed by atoms with E-state index in [1.807, 2.05) is 0 Å². The molecule has 1 aromatic heterocycles. The Hall–Kier alpha value is -1.73. The highest BCUT2D eigenvalue weighted by Gasteiger charge is 2.14. The normalized spacial score (nSPS) is 17.9. The lowest BCUT2D eigenvalue weighted by Gasteiger charge is -2.29. The number of nitrogens with one attached hydrogen (secondary N) is 1. The first-order chi connectivity index (χ1) is 9.15. The highest BCUT2D eigenvalue weighted by atomic mass is 16.6. The fraction of sp³-hybridized carbons (Fsp3) is 0.583. The van der Waals surface area contributed by atoms with Crippen molar-refractivity contribution in [3.8, 4) is 0 Å². The molecule has 19 heavy (non-hydrogen) atoms. The predicted octanol–water partition coefficient (Wildman–Crippen LogP) is 1.12. The van der Waals surface area contributed by atoms with E-state index in [1.165, 1.54) is 12.3 Å². The van der Waals surface area contributed by atoms with E-state index in [-0.39, 0.29) is 11.9 Å². The Morgan fingerprint density at radius 2 is 2.26 bits per heavy atom. The van der Waals surface area contributed by atoms with Crippen molar-refractivity contribution in [1.82, 2.24) is 9.88 Å². The Kier molecular flexibility index (Phi) is 4.64. The molecule has 1 aliphatic heterocycles. The van der Waals surface area contributed by atoms with E-state index in [9.17, 15) is 10.1 Å².